The van der Waals surface area contributed by atoms with Gasteiger partial charge in [-0.15, -0.1) is 0 Å². The van der Waals surface area contributed by atoms with Crippen LogP contribution in [0.15, 0.2) is 24.3 Å². The van der Waals surface area contributed by atoms with E-state index in [1.54, 1.807) is 39.8 Å². The first-order valence-electron chi connectivity index (χ1n) is 9.39. The van der Waals surface area contributed by atoms with Gasteiger partial charge < -0.3 is 19.7 Å². The van der Waals surface area contributed by atoms with Crippen LogP contribution in [0.2, 0.25) is 0 Å². The van der Waals surface area contributed by atoms with Crippen LogP contribution in [0.3, 0.4) is 0 Å². The molecule has 1 aliphatic carbocycles. The number of Topliss-reactive ketones (excluding diaryl/α,β-unsaturated/α-hetero) is 1. The summed E-state index contributed by atoms with van der Waals surface area (Å²) in [5, 5.41) is 20.8. The molecule has 0 radical (unpaired) electrons. The monoisotopic (exact) mass is 392 g/mol. The van der Waals surface area contributed by atoms with E-state index < -0.39 is 53.3 Å². The van der Waals surface area contributed by atoms with Gasteiger partial charge in [-0.3, -0.25) is 14.4 Å². The summed E-state index contributed by atoms with van der Waals surface area (Å²) in [7, 11) is 0. The maximum Gasteiger partial charge on any atom is 0.317 e. The van der Waals surface area contributed by atoms with E-state index in [0.29, 0.717) is 5.56 Å². The third-order valence-corrected chi connectivity index (χ3v) is 4.73. The number of hydrogen-bond donors (Lipinski definition) is 2. The number of benzene rings is 1. The van der Waals surface area contributed by atoms with Crippen LogP contribution in [-0.4, -0.2) is 45.7 Å². The number of rotatable bonds is 5. The zero-order chi connectivity index (χ0) is 21.2. The summed E-state index contributed by atoms with van der Waals surface area (Å²) in [6, 6.07) is 5.97. The van der Waals surface area contributed by atoms with E-state index in [1.807, 2.05) is 0 Å². The molecule has 0 aliphatic heterocycles. The lowest BCUT2D eigenvalue weighted by Gasteiger charge is -2.44. The van der Waals surface area contributed by atoms with Crippen LogP contribution in [-0.2, 0) is 23.9 Å². The van der Waals surface area contributed by atoms with Crippen LogP contribution in [0.5, 0.6) is 5.75 Å². The van der Waals surface area contributed by atoms with Crippen molar-refractivity contribution in [2.75, 3.05) is 0 Å². The highest BCUT2D eigenvalue weighted by atomic mass is 16.5. The second-order valence-corrected chi connectivity index (χ2v) is 8.05. The van der Waals surface area contributed by atoms with Gasteiger partial charge in [0.1, 0.15) is 11.7 Å². The number of esters is 2. The summed E-state index contributed by atoms with van der Waals surface area (Å²) in [6.07, 6.45) is -1.27. The highest BCUT2D eigenvalue weighted by Crippen LogP contribution is 2.47. The van der Waals surface area contributed by atoms with Crippen LogP contribution in [0, 0.1) is 11.8 Å². The number of aliphatic hydroxyl groups is 1. The molecule has 28 heavy (non-hydrogen) atoms. The first-order chi connectivity index (χ1) is 12.9. The summed E-state index contributed by atoms with van der Waals surface area (Å²) in [5.41, 5.74) is -1.34. The molecule has 4 atom stereocenters. The van der Waals surface area contributed by atoms with Gasteiger partial charge in [0, 0.05) is 12.3 Å². The minimum atomic E-state index is -1.71. The van der Waals surface area contributed by atoms with E-state index in [9.17, 15) is 24.6 Å². The van der Waals surface area contributed by atoms with Crippen LogP contribution in [0.25, 0.3) is 0 Å². The Labute approximate surface area is 164 Å². The Morgan fingerprint density at radius 2 is 1.68 bits per heavy atom. The van der Waals surface area contributed by atoms with Gasteiger partial charge in [-0.2, -0.15) is 0 Å². The second kappa shape index (κ2) is 8.31. The predicted octanol–water partition coefficient (Wildman–Crippen LogP) is 2.34. The average molecular weight is 392 g/mol. The average Bonchev–Trinajstić information content (AvgIpc) is 2.51. The molecule has 0 heterocycles. The summed E-state index contributed by atoms with van der Waals surface area (Å²) in [6.45, 7) is 8.06. The fourth-order valence-electron chi connectivity index (χ4n) is 3.76. The molecule has 1 fully saturated rings. The van der Waals surface area contributed by atoms with Crippen molar-refractivity contribution in [1.82, 2.24) is 0 Å². The number of hydrogen-bond acceptors (Lipinski definition) is 7. The molecule has 0 aromatic heterocycles. The number of carbonyl (C=O) groups is 3. The molecule has 1 aliphatic rings. The Morgan fingerprint density at radius 1 is 1.11 bits per heavy atom. The van der Waals surface area contributed by atoms with E-state index in [1.165, 1.54) is 19.1 Å². The number of ketones is 1. The molecule has 0 spiro atoms. The first-order valence-corrected chi connectivity index (χ1v) is 9.39. The molecule has 154 valence electrons. The number of aromatic hydroxyl groups is 1. The molecule has 7 nitrogen and oxygen atoms in total. The van der Waals surface area contributed by atoms with Crippen LogP contribution >= 0.6 is 0 Å². The third-order valence-electron chi connectivity index (χ3n) is 4.73. The zero-order valence-corrected chi connectivity index (χ0v) is 16.8. The minimum absolute atomic E-state index is 0.0814. The van der Waals surface area contributed by atoms with E-state index in [-0.39, 0.29) is 12.2 Å². The number of carbonyl (C=O) groups excluding carboxylic acids is 3. The molecule has 0 bridgehead atoms. The largest absolute Gasteiger partial charge is 0.508 e. The van der Waals surface area contributed by atoms with E-state index >= 15 is 0 Å². The predicted molar refractivity (Wildman–Crippen MR) is 101 cm³/mol. The zero-order valence-electron chi connectivity index (χ0n) is 16.8. The number of phenolic OH excluding ortho intramolecular Hbond substituents is 1. The van der Waals surface area contributed by atoms with Crippen molar-refractivity contribution in [3.05, 3.63) is 29.8 Å². The van der Waals surface area contributed by atoms with Crippen molar-refractivity contribution in [3.63, 3.8) is 0 Å². The summed E-state index contributed by atoms with van der Waals surface area (Å²) >= 11 is 0. The smallest absolute Gasteiger partial charge is 0.317 e. The molecule has 0 unspecified atom stereocenters. The number of phenols is 1. The SMILES string of the molecule is CC(C)OC(=O)[C@H]1C(=O)C[C@@](C)(O)[C@H](C(=O)OC(C)C)[C@H]1c1cccc(O)c1. The lowest BCUT2D eigenvalue weighted by molar-refractivity contribution is -0.176. The van der Waals surface area contributed by atoms with Gasteiger partial charge in [0.15, 0.2) is 5.78 Å². The van der Waals surface area contributed by atoms with E-state index in [4.69, 9.17) is 9.47 Å². The standard InChI is InChI=1S/C21H28O7/c1-11(2)27-19(24)17-15(23)10-21(5,26)18(20(25)28-12(3)4)16(17)13-7-6-8-14(22)9-13/h6-9,11-12,16-18,22,26H,10H2,1-5H3/t16-,17-,18-,21+/m0/s1. The maximum absolute atomic E-state index is 12.9. The third kappa shape index (κ3) is 4.70. The first kappa shape index (κ1) is 21.9. The molecule has 7 heteroatoms. The molecule has 0 amide bonds. The van der Waals surface area contributed by atoms with Gasteiger partial charge in [-0.05, 0) is 52.3 Å². The molecule has 2 N–H and O–H groups in total. The fourth-order valence-corrected chi connectivity index (χ4v) is 3.76. The van der Waals surface area contributed by atoms with E-state index in [0.717, 1.165) is 0 Å². The molecule has 1 aromatic carbocycles. The second-order valence-electron chi connectivity index (χ2n) is 8.05. The normalized spacial score (nSPS) is 27.7. The molecular weight excluding hydrogens is 364 g/mol. The van der Waals surface area contributed by atoms with Gasteiger partial charge >= 0.3 is 11.9 Å². The fraction of sp³-hybridized carbons (Fsp3) is 0.571. The Kier molecular flexibility index (Phi) is 6.49. The van der Waals surface area contributed by atoms with Gasteiger partial charge in [0.05, 0.1) is 23.7 Å². The van der Waals surface area contributed by atoms with Crippen molar-refractivity contribution in [2.45, 2.75) is 64.8 Å². The van der Waals surface area contributed by atoms with Crippen molar-refractivity contribution in [3.8, 4) is 5.75 Å². The maximum atomic E-state index is 12.9. The van der Waals surface area contributed by atoms with Gasteiger partial charge in [0.2, 0.25) is 0 Å². The van der Waals surface area contributed by atoms with Crippen molar-refractivity contribution in [2.24, 2.45) is 11.8 Å². The quantitative estimate of drug-likeness (QED) is 0.584. The molecule has 0 saturated heterocycles. The highest BCUT2D eigenvalue weighted by molar-refractivity contribution is 6.02. The highest BCUT2D eigenvalue weighted by Gasteiger charge is 2.57. The van der Waals surface area contributed by atoms with Gasteiger partial charge in [0.25, 0.3) is 0 Å². The summed E-state index contributed by atoms with van der Waals surface area (Å²) < 4.78 is 10.6. The van der Waals surface area contributed by atoms with Crippen LogP contribution in [0.4, 0.5) is 0 Å². The molecule has 1 saturated carbocycles. The molecule has 1 aromatic rings. The van der Waals surface area contributed by atoms with Crippen molar-refractivity contribution in [1.29, 1.82) is 0 Å². The Hall–Kier alpha value is -2.41. The topological polar surface area (TPSA) is 110 Å². The van der Waals surface area contributed by atoms with Gasteiger partial charge in [-0.25, -0.2) is 0 Å². The summed E-state index contributed by atoms with van der Waals surface area (Å²) in [4.78, 5) is 38.4. The lowest BCUT2D eigenvalue weighted by atomic mass is 9.61. The minimum Gasteiger partial charge on any atom is -0.508 e. The Bertz CT molecular complexity index is 743. The Balaban J connectivity index is 2.61. The molecule has 2 rings (SSSR count). The lowest BCUT2D eigenvalue weighted by Crippen LogP contribution is -2.55. The van der Waals surface area contributed by atoms with Crippen LogP contribution < -0.4 is 0 Å². The number of ether oxygens (including phenoxy) is 2. The summed E-state index contributed by atoms with van der Waals surface area (Å²) in [5.74, 6) is -5.55. The molecular formula is C21H28O7. The Morgan fingerprint density at radius 3 is 2.21 bits per heavy atom. The van der Waals surface area contributed by atoms with Crippen molar-refractivity contribution < 1.29 is 34.1 Å². The van der Waals surface area contributed by atoms with Crippen molar-refractivity contribution >= 4 is 17.7 Å². The van der Waals surface area contributed by atoms with E-state index in [2.05, 4.69) is 0 Å². The van der Waals surface area contributed by atoms with Crippen LogP contribution in [0.1, 0.15) is 52.5 Å². The van der Waals surface area contributed by atoms with Gasteiger partial charge in [-0.1, -0.05) is 12.1 Å².